The Balaban J connectivity index is 4.69. The van der Waals surface area contributed by atoms with E-state index in [4.69, 9.17) is 0 Å². The van der Waals surface area contributed by atoms with E-state index in [1.54, 1.807) is 6.92 Å². The molecule has 0 aliphatic rings. The summed E-state index contributed by atoms with van der Waals surface area (Å²) < 4.78 is 28.8. The van der Waals surface area contributed by atoms with Gasteiger partial charge in [0.25, 0.3) is 16.1 Å². The molecule has 6 nitrogen and oxygen atoms in total. The van der Waals surface area contributed by atoms with Gasteiger partial charge in [0, 0.05) is 0 Å². The monoisotopic (exact) mass is 207 g/mol. The highest BCUT2D eigenvalue weighted by Crippen LogP contribution is 2.04. The molecule has 0 radical (unpaired) electrons. The molecule has 1 unspecified atom stereocenters. The van der Waals surface area contributed by atoms with Crippen LogP contribution < -0.4 is 0 Å². The molecule has 0 aliphatic carbocycles. The van der Waals surface area contributed by atoms with Gasteiger partial charge in [0.2, 0.25) is 0 Å². The van der Waals surface area contributed by atoms with Gasteiger partial charge >= 0.3 is 5.97 Å². The van der Waals surface area contributed by atoms with E-state index in [1.807, 2.05) is 0 Å². The molecule has 0 heterocycles. The lowest BCUT2D eigenvalue weighted by Crippen LogP contribution is -2.27. The molecule has 0 aromatic heterocycles. The molecule has 0 rings (SSSR count). The van der Waals surface area contributed by atoms with Gasteiger partial charge in [-0.3, -0.25) is 4.79 Å². The second-order valence-electron chi connectivity index (χ2n) is 2.09. The molecule has 0 aromatic rings. The van der Waals surface area contributed by atoms with E-state index in [-0.39, 0.29) is 6.61 Å². The highest BCUT2D eigenvalue weighted by Gasteiger charge is 2.28. The second kappa shape index (κ2) is 4.74. The van der Waals surface area contributed by atoms with Crippen molar-refractivity contribution in [1.29, 1.82) is 0 Å². The van der Waals surface area contributed by atoms with Gasteiger partial charge in [-0.15, -0.1) is 0 Å². The third kappa shape index (κ3) is 3.35. The van der Waals surface area contributed by atoms with Crippen LogP contribution in [0, 0.1) is 0 Å². The Morgan fingerprint density at radius 2 is 2.15 bits per heavy atom. The number of carbonyl (C=O) groups is 1. The number of isocyanates is 1. The average molecular weight is 207 g/mol. The number of hydrogen-bond donors (Lipinski definition) is 0. The van der Waals surface area contributed by atoms with E-state index in [0.29, 0.717) is 0 Å². The Morgan fingerprint density at radius 1 is 1.62 bits per heavy atom. The molecule has 0 fully saturated rings. The zero-order chi connectivity index (χ0) is 10.5. The number of carbonyl (C=O) groups excluding carboxylic acids is 2. The molecule has 0 amide bonds. The number of esters is 1. The van der Waals surface area contributed by atoms with E-state index >= 15 is 0 Å². The third-order valence-electron chi connectivity index (χ3n) is 1.23. The lowest BCUT2D eigenvalue weighted by atomic mass is 10.5. The van der Waals surface area contributed by atoms with Crippen molar-refractivity contribution in [1.82, 2.24) is 0 Å². The minimum Gasteiger partial charge on any atom is -0.465 e. The largest absolute Gasteiger partial charge is 0.465 e. The van der Waals surface area contributed by atoms with Gasteiger partial charge in [-0.1, -0.05) is 4.40 Å². The number of ether oxygens (including phenoxy) is 1. The van der Waals surface area contributed by atoms with Crippen LogP contribution in [0.25, 0.3) is 0 Å². The summed E-state index contributed by atoms with van der Waals surface area (Å²) >= 11 is 0. The molecule has 0 N–H and O–H groups in total. The van der Waals surface area contributed by atoms with E-state index < -0.39 is 21.2 Å². The van der Waals surface area contributed by atoms with Gasteiger partial charge in [-0.05, 0) is 13.8 Å². The number of rotatable bonds is 4. The highest BCUT2D eigenvalue weighted by molar-refractivity contribution is 7.91. The smallest absolute Gasteiger partial charge is 0.326 e. The van der Waals surface area contributed by atoms with Gasteiger partial charge in [-0.25, -0.2) is 13.2 Å². The number of sulfonamides is 1. The summed E-state index contributed by atoms with van der Waals surface area (Å²) in [6.07, 6.45) is 0.865. The highest BCUT2D eigenvalue weighted by atomic mass is 32.2. The van der Waals surface area contributed by atoms with Gasteiger partial charge in [-0.2, -0.15) is 0 Å². The summed E-state index contributed by atoms with van der Waals surface area (Å²) in [5.41, 5.74) is 0. The van der Waals surface area contributed by atoms with Crippen molar-refractivity contribution in [3.8, 4) is 0 Å². The van der Waals surface area contributed by atoms with Gasteiger partial charge in [0.05, 0.1) is 6.61 Å². The molecule has 1 atom stereocenters. The first-order valence-corrected chi connectivity index (χ1v) is 4.95. The summed E-state index contributed by atoms with van der Waals surface area (Å²) in [4.78, 5) is 20.6. The van der Waals surface area contributed by atoms with Crippen LogP contribution in [0.2, 0.25) is 0 Å². The van der Waals surface area contributed by atoms with Crippen molar-refractivity contribution in [2.75, 3.05) is 6.61 Å². The first-order chi connectivity index (χ1) is 5.95. The molecular weight excluding hydrogens is 198 g/mol. The Hall–Kier alpha value is -1.20. The molecule has 0 saturated heterocycles. The van der Waals surface area contributed by atoms with Crippen LogP contribution >= 0.6 is 0 Å². The Kier molecular flexibility index (Phi) is 4.30. The molecule has 0 aliphatic heterocycles. The van der Waals surface area contributed by atoms with Crippen molar-refractivity contribution in [2.24, 2.45) is 4.40 Å². The normalized spacial score (nSPS) is 12.8. The zero-order valence-electron chi connectivity index (χ0n) is 7.18. The van der Waals surface area contributed by atoms with Crippen molar-refractivity contribution < 1.29 is 22.7 Å². The maximum atomic E-state index is 10.9. The van der Waals surface area contributed by atoms with E-state index in [0.717, 1.165) is 13.0 Å². The summed E-state index contributed by atoms with van der Waals surface area (Å²) in [5, 5.41) is -1.46. The molecule has 0 aromatic carbocycles. The maximum absolute atomic E-state index is 10.9. The molecule has 0 saturated carbocycles. The maximum Gasteiger partial charge on any atom is 0.326 e. The Labute approximate surface area is 75.7 Å². The van der Waals surface area contributed by atoms with Gasteiger partial charge < -0.3 is 4.74 Å². The number of nitrogens with zero attached hydrogens (tertiary/aromatic N) is 1. The molecule has 74 valence electrons. The SMILES string of the molecule is CCOC(=O)C(C)S(=O)(=O)N=C=O. The van der Waals surface area contributed by atoms with Crippen LogP contribution in [0.5, 0.6) is 0 Å². The van der Waals surface area contributed by atoms with E-state index in [2.05, 4.69) is 9.13 Å². The predicted octanol–water partition coefficient (Wildman–Crippen LogP) is -0.396. The van der Waals surface area contributed by atoms with Crippen LogP contribution in [0.15, 0.2) is 4.40 Å². The first kappa shape index (κ1) is 11.8. The van der Waals surface area contributed by atoms with Crippen molar-refractivity contribution in [2.45, 2.75) is 19.1 Å². The van der Waals surface area contributed by atoms with Crippen LogP contribution in [0.1, 0.15) is 13.8 Å². The van der Waals surface area contributed by atoms with Crippen LogP contribution in [0.3, 0.4) is 0 Å². The van der Waals surface area contributed by atoms with Crippen LogP contribution in [0.4, 0.5) is 0 Å². The topological polar surface area (TPSA) is 89.9 Å². The predicted molar refractivity (Wildman–Crippen MR) is 43.1 cm³/mol. The molecule has 7 heteroatoms. The fourth-order valence-electron chi connectivity index (χ4n) is 0.512. The van der Waals surface area contributed by atoms with E-state index in [1.165, 1.54) is 0 Å². The molecular formula is C6H9NO5S. The van der Waals surface area contributed by atoms with Gasteiger partial charge in [0.1, 0.15) is 0 Å². The Bertz CT molecular complexity index is 327. The van der Waals surface area contributed by atoms with Crippen molar-refractivity contribution >= 4 is 22.1 Å². The van der Waals surface area contributed by atoms with Crippen LogP contribution in [-0.4, -0.2) is 32.3 Å². The summed E-state index contributed by atoms with van der Waals surface area (Å²) in [7, 11) is -4.10. The zero-order valence-corrected chi connectivity index (χ0v) is 8.00. The third-order valence-corrected chi connectivity index (χ3v) is 2.64. The van der Waals surface area contributed by atoms with E-state index in [9.17, 15) is 18.0 Å². The van der Waals surface area contributed by atoms with Crippen LogP contribution in [-0.2, 0) is 24.3 Å². The standard InChI is InChI=1S/C6H9NO5S/c1-3-12-6(9)5(2)13(10,11)7-4-8/h5H,3H2,1-2H3. The minimum absolute atomic E-state index is 0.0729. The minimum atomic E-state index is -4.10. The first-order valence-electron chi connectivity index (χ1n) is 3.45. The van der Waals surface area contributed by atoms with Crippen molar-refractivity contribution in [3.05, 3.63) is 0 Å². The summed E-state index contributed by atoms with van der Waals surface area (Å²) in [6, 6.07) is 0. The quantitative estimate of drug-likeness (QED) is 0.355. The molecule has 0 spiro atoms. The lowest BCUT2D eigenvalue weighted by molar-refractivity contribution is -0.142. The fraction of sp³-hybridized carbons (Fsp3) is 0.667. The summed E-state index contributed by atoms with van der Waals surface area (Å²) in [6.45, 7) is 2.71. The molecule has 13 heavy (non-hydrogen) atoms. The lowest BCUT2D eigenvalue weighted by Gasteiger charge is -2.06. The summed E-state index contributed by atoms with van der Waals surface area (Å²) in [5.74, 6) is -0.929. The average Bonchev–Trinajstić information content (AvgIpc) is 2.03. The van der Waals surface area contributed by atoms with Gasteiger partial charge in [0.15, 0.2) is 5.25 Å². The molecule has 0 bridgehead atoms. The van der Waals surface area contributed by atoms with Crippen molar-refractivity contribution in [3.63, 3.8) is 0 Å². The fourth-order valence-corrected chi connectivity index (χ4v) is 1.09. The second-order valence-corrected chi connectivity index (χ2v) is 4.01. The Morgan fingerprint density at radius 3 is 2.54 bits per heavy atom. The number of hydrogen-bond acceptors (Lipinski definition) is 5.